The number of carbonyl (C=O) groups is 1. The Bertz CT molecular complexity index is 925. The van der Waals surface area contributed by atoms with E-state index in [1.54, 1.807) is 24.1 Å². The monoisotopic (exact) mass is 401 g/mol. The molecule has 3 rings (SSSR count). The fourth-order valence-electron chi connectivity index (χ4n) is 2.61. The van der Waals surface area contributed by atoms with Crippen LogP contribution in [0.2, 0.25) is 5.02 Å². The number of anilines is 1. The largest absolute Gasteiger partial charge is 0.496 e. The third-order valence-electron chi connectivity index (χ3n) is 3.87. The van der Waals surface area contributed by atoms with Gasteiger partial charge in [-0.25, -0.2) is 0 Å². The predicted octanol–water partition coefficient (Wildman–Crippen LogP) is 5.17. The van der Waals surface area contributed by atoms with Crippen LogP contribution in [0.5, 0.6) is 5.75 Å². The van der Waals surface area contributed by atoms with Gasteiger partial charge in [0.1, 0.15) is 10.8 Å². The van der Waals surface area contributed by atoms with Crippen LogP contribution in [-0.2, 0) is 0 Å². The Kier molecular flexibility index (Phi) is 6.08. The fourth-order valence-corrected chi connectivity index (χ4v) is 3.60. The molecule has 1 amide bonds. The van der Waals surface area contributed by atoms with Gasteiger partial charge in [-0.05, 0) is 30.2 Å². The summed E-state index contributed by atoms with van der Waals surface area (Å²) in [6.07, 6.45) is 0. The number of para-hydroxylation sites is 1. The maximum Gasteiger partial charge on any atom is 0.263 e. The summed E-state index contributed by atoms with van der Waals surface area (Å²) in [5.41, 5.74) is 1.42. The first-order chi connectivity index (χ1) is 13.0. The first-order valence-corrected chi connectivity index (χ1v) is 9.73. The van der Waals surface area contributed by atoms with Gasteiger partial charge in [-0.1, -0.05) is 61.1 Å². The Balaban J connectivity index is 1.96. The molecule has 7 heteroatoms. The van der Waals surface area contributed by atoms with E-state index in [4.69, 9.17) is 16.3 Å². The summed E-state index contributed by atoms with van der Waals surface area (Å²) < 4.78 is 5.35. The maximum absolute atomic E-state index is 13.2. The van der Waals surface area contributed by atoms with E-state index in [1.807, 2.05) is 36.4 Å². The molecule has 27 heavy (non-hydrogen) atoms. The number of hydrogen-bond acceptors (Lipinski definition) is 5. The van der Waals surface area contributed by atoms with Crippen molar-refractivity contribution < 1.29 is 9.53 Å². The van der Waals surface area contributed by atoms with Crippen molar-refractivity contribution in [3.8, 4) is 16.3 Å². The normalized spacial score (nSPS) is 10.9. The highest BCUT2D eigenvalue weighted by Gasteiger charge is 2.25. The molecule has 0 aliphatic rings. The van der Waals surface area contributed by atoms with E-state index in [0.717, 1.165) is 10.6 Å². The van der Waals surface area contributed by atoms with Gasteiger partial charge in [-0.15, -0.1) is 10.2 Å². The zero-order valence-corrected chi connectivity index (χ0v) is 16.9. The second kappa shape index (κ2) is 8.50. The van der Waals surface area contributed by atoms with Crippen LogP contribution in [0.1, 0.15) is 24.2 Å². The lowest BCUT2D eigenvalue weighted by Gasteiger charge is -2.22. The molecule has 0 aliphatic carbocycles. The number of aromatic nitrogens is 2. The number of benzene rings is 2. The molecule has 1 aromatic heterocycles. The van der Waals surface area contributed by atoms with Crippen molar-refractivity contribution in [2.24, 2.45) is 5.92 Å². The third-order valence-corrected chi connectivity index (χ3v) is 5.11. The van der Waals surface area contributed by atoms with Crippen molar-refractivity contribution >= 4 is 34.0 Å². The molecule has 0 saturated carbocycles. The Hall–Kier alpha value is -2.44. The Morgan fingerprint density at radius 2 is 1.85 bits per heavy atom. The summed E-state index contributed by atoms with van der Waals surface area (Å²) in [6.45, 7) is 4.65. The second-order valence-corrected chi connectivity index (χ2v) is 7.80. The van der Waals surface area contributed by atoms with Crippen molar-refractivity contribution in [1.82, 2.24) is 10.2 Å². The molecule has 0 unspecified atom stereocenters. The number of carbonyl (C=O) groups excluding carboxylic acids is 1. The number of nitrogens with zero attached hydrogens (tertiary/aromatic N) is 3. The molecule has 0 radical (unpaired) electrons. The molecule has 0 saturated heterocycles. The maximum atomic E-state index is 13.2. The van der Waals surface area contributed by atoms with Gasteiger partial charge in [0, 0.05) is 17.1 Å². The molecule has 0 fully saturated rings. The Morgan fingerprint density at radius 1 is 1.15 bits per heavy atom. The Labute approximate surface area is 167 Å². The minimum absolute atomic E-state index is 0.153. The number of ether oxygens (including phenoxy) is 1. The highest BCUT2D eigenvalue weighted by molar-refractivity contribution is 7.18. The van der Waals surface area contributed by atoms with E-state index >= 15 is 0 Å². The molecule has 140 valence electrons. The number of methoxy groups -OCH3 is 1. The van der Waals surface area contributed by atoms with Gasteiger partial charge in [-0.3, -0.25) is 9.69 Å². The molecule has 5 nitrogen and oxygen atoms in total. The SMILES string of the molecule is COc1ccccc1C(=O)N(CC(C)C)c1nnc(-c2ccc(Cl)cc2)s1. The highest BCUT2D eigenvalue weighted by Crippen LogP contribution is 2.31. The smallest absolute Gasteiger partial charge is 0.263 e. The van der Waals surface area contributed by atoms with E-state index in [2.05, 4.69) is 24.0 Å². The van der Waals surface area contributed by atoms with Gasteiger partial charge in [-0.2, -0.15) is 0 Å². The van der Waals surface area contributed by atoms with Crippen LogP contribution in [0, 0.1) is 5.92 Å². The van der Waals surface area contributed by atoms with Gasteiger partial charge in [0.2, 0.25) is 5.13 Å². The summed E-state index contributed by atoms with van der Waals surface area (Å²) >= 11 is 7.33. The molecule has 1 heterocycles. The van der Waals surface area contributed by atoms with Gasteiger partial charge < -0.3 is 4.74 Å². The van der Waals surface area contributed by atoms with Crippen LogP contribution < -0.4 is 9.64 Å². The quantitative estimate of drug-likeness (QED) is 0.571. The van der Waals surface area contributed by atoms with Crippen molar-refractivity contribution in [1.29, 1.82) is 0 Å². The van der Waals surface area contributed by atoms with E-state index < -0.39 is 0 Å². The van der Waals surface area contributed by atoms with Gasteiger partial charge in [0.05, 0.1) is 12.7 Å². The topological polar surface area (TPSA) is 55.3 Å². The van der Waals surface area contributed by atoms with Crippen molar-refractivity contribution in [2.75, 3.05) is 18.6 Å². The van der Waals surface area contributed by atoms with Gasteiger partial charge >= 0.3 is 0 Å². The molecule has 0 aliphatic heterocycles. The molecule has 0 atom stereocenters. The van der Waals surface area contributed by atoms with E-state index in [9.17, 15) is 4.79 Å². The van der Waals surface area contributed by atoms with Crippen LogP contribution in [0.4, 0.5) is 5.13 Å². The first kappa shape index (κ1) is 19.3. The minimum Gasteiger partial charge on any atom is -0.496 e. The molecule has 2 aromatic carbocycles. The lowest BCUT2D eigenvalue weighted by Crippen LogP contribution is -2.34. The summed E-state index contributed by atoms with van der Waals surface area (Å²) in [6, 6.07) is 14.6. The van der Waals surface area contributed by atoms with Crippen LogP contribution >= 0.6 is 22.9 Å². The first-order valence-electron chi connectivity index (χ1n) is 8.54. The minimum atomic E-state index is -0.153. The lowest BCUT2D eigenvalue weighted by molar-refractivity contribution is 0.0980. The second-order valence-electron chi connectivity index (χ2n) is 6.41. The van der Waals surface area contributed by atoms with Crippen molar-refractivity contribution in [2.45, 2.75) is 13.8 Å². The zero-order valence-electron chi connectivity index (χ0n) is 15.3. The fraction of sp³-hybridized carbons (Fsp3) is 0.250. The average Bonchev–Trinajstić information content (AvgIpc) is 3.15. The van der Waals surface area contributed by atoms with Gasteiger partial charge in [0.25, 0.3) is 5.91 Å². The van der Waals surface area contributed by atoms with E-state index in [-0.39, 0.29) is 11.8 Å². The number of amides is 1. The van der Waals surface area contributed by atoms with Crippen molar-refractivity contribution in [3.63, 3.8) is 0 Å². The zero-order chi connectivity index (χ0) is 19.4. The third kappa shape index (κ3) is 4.46. The van der Waals surface area contributed by atoms with Crippen LogP contribution in [0.3, 0.4) is 0 Å². The number of hydrogen-bond donors (Lipinski definition) is 0. The van der Waals surface area contributed by atoms with Crippen LogP contribution in [0.15, 0.2) is 48.5 Å². The molecule has 0 bridgehead atoms. The average molecular weight is 402 g/mol. The van der Waals surface area contributed by atoms with Gasteiger partial charge in [0.15, 0.2) is 0 Å². The van der Waals surface area contributed by atoms with Crippen LogP contribution in [0.25, 0.3) is 10.6 Å². The van der Waals surface area contributed by atoms with Crippen LogP contribution in [-0.4, -0.2) is 29.8 Å². The number of halogens is 1. The Morgan fingerprint density at radius 3 is 2.52 bits per heavy atom. The summed E-state index contributed by atoms with van der Waals surface area (Å²) in [5.74, 6) is 0.658. The molecule has 0 spiro atoms. The standard InChI is InChI=1S/C20H20ClN3O2S/c1-13(2)12-24(19(25)16-6-4-5-7-17(16)26-3)20-23-22-18(27-20)14-8-10-15(21)11-9-14/h4-11,13H,12H2,1-3H3. The highest BCUT2D eigenvalue weighted by atomic mass is 35.5. The molecular formula is C20H20ClN3O2S. The summed E-state index contributed by atoms with van der Waals surface area (Å²) in [7, 11) is 1.56. The van der Waals surface area contributed by atoms with E-state index in [0.29, 0.717) is 28.0 Å². The predicted molar refractivity (Wildman–Crippen MR) is 110 cm³/mol. The number of rotatable bonds is 6. The molecule has 0 N–H and O–H groups in total. The van der Waals surface area contributed by atoms with E-state index in [1.165, 1.54) is 11.3 Å². The molecular weight excluding hydrogens is 382 g/mol. The molecule has 3 aromatic rings. The van der Waals surface area contributed by atoms with Crippen molar-refractivity contribution in [3.05, 3.63) is 59.1 Å². The summed E-state index contributed by atoms with van der Waals surface area (Å²) in [5, 5.41) is 10.5. The lowest BCUT2D eigenvalue weighted by atomic mass is 10.1. The summed E-state index contributed by atoms with van der Waals surface area (Å²) in [4.78, 5) is 14.9.